The van der Waals surface area contributed by atoms with Crippen LogP contribution in [0.15, 0.2) is 59.3 Å². The number of non-ortho nitro benzene ring substituents is 2. The molecule has 0 radical (unpaired) electrons. The van der Waals surface area contributed by atoms with E-state index in [1.807, 2.05) is 0 Å². The molecule has 0 unspecified atom stereocenters. The number of hydrogen-bond donors (Lipinski definition) is 0. The monoisotopic (exact) mass is 443 g/mol. The van der Waals surface area contributed by atoms with E-state index in [0.29, 0.717) is 5.69 Å². The van der Waals surface area contributed by atoms with E-state index in [0.717, 1.165) is 7.11 Å². The highest BCUT2D eigenvalue weighted by Gasteiger charge is 2.38. The molecule has 0 spiro atoms. The number of carbonyl (C=O) groups excluding carboxylic acids is 2. The van der Waals surface area contributed by atoms with Crippen LogP contribution in [0, 0.1) is 20.2 Å². The molecule has 1 heterocycles. The van der Waals surface area contributed by atoms with E-state index < -0.39 is 21.7 Å². The zero-order valence-electron chi connectivity index (χ0n) is 16.2. The summed E-state index contributed by atoms with van der Waals surface area (Å²) in [6.45, 7) is 1.52. The Kier molecular flexibility index (Phi) is 5.84. The topological polar surface area (TPSA) is 133 Å². The van der Waals surface area contributed by atoms with Crippen LogP contribution in [0.4, 0.5) is 17.1 Å². The van der Waals surface area contributed by atoms with E-state index >= 15 is 0 Å². The number of anilines is 1. The van der Waals surface area contributed by atoms with Crippen molar-refractivity contribution in [3.8, 4) is 0 Å². The molecule has 0 N–H and O–H groups in total. The number of benzene rings is 2. The van der Waals surface area contributed by atoms with Gasteiger partial charge in [0.2, 0.25) is 0 Å². The first kappa shape index (κ1) is 21.7. The van der Waals surface area contributed by atoms with Gasteiger partial charge >= 0.3 is 5.97 Å². The lowest BCUT2D eigenvalue weighted by Crippen LogP contribution is -2.24. The highest BCUT2D eigenvalue weighted by atomic mass is 35.5. The molecule has 0 bridgehead atoms. The van der Waals surface area contributed by atoms with Crippen LogP contribution in [0.2, 0.25) is 5.02 Å². The van der Waals surface area contributed by atoms with E-state index in [2.05, 4.69) is 0 Å². The molecule has 0 saturated carbocycles. The summed E-state index contributed by atoms with van der Waals surface area (Å²) in [4.78, 5) is 47.6. The first-order chi connectivity index (χ1) is 14.6. The molecular formula is C20H14ClN3O7. The van der Waals surface area contributed by atoms with Crippen molar-refractivity contribution in [2.45, 2.75) is 6.92 Å². The molecule has 0 aliphatic carbocycles. The van der Waals surface area contributed by atoms with Gasteiger partial charge in [-0.15, -0.1) is 0 Å². The van der Waals surface area contributed by atoms with Gasteiger partial charge in [-0.3, -0.25) is 29.9 Å². The fourth-order valence-corrected chi connectivity index (χ4v) is 3.30. The van der Waals surface area contributed by atoms with Crippen molar-refractivity contribution in [1.29, 1.82) is 0 Å². The van der Waals surface area contributed by atoms with Gasteiger partial charge in [-0.25, -0.2) is 4.79 Å². The average molecular weight is 444 g/mol. The number of nitro benzene ring substituents is 2. The molecule has 2 aromatic rings. The number of methoxy groups -OCH3 is 1. The van der Waals surface area contributed by atoms with E-state index in [1.54, 1.807) is 0 Å². The summed E-state index contributed by atoms with van der Waals surface area (Å²) < 4.78 is 4.80. The number of carbonyl (C=O) groups is 2. The Morgan fingerprint density at radius 1 is 1.06 bits per heavy atom. The zero-order valence-corrected chi connectivity index (χ0v) is 17.0. The molecule has 158 valence electrons. The summed E-state index contributed by atoms with van der Waals surface area (Å²) in [6.07, 6.45) is 1.28. The number of nitrogens with zero attached hydrogens (tertiary/aromatic N) is 3. The molecule has 11 heteroatoms. The summed E-state index contributed by atoms with van der Waals surface area (Å²) in [5.41, 5.74) is 0.164. The van der Waals surface area contributed by atoms with Gasteiger partial charge in [0.05, 0.1) is 28.1 Å². The standard InChI is InChI=1S/C20H14ClN3O7/c1-11-18(20(26)31-2)16(10-12-9-15(24(29)30)7-8-17(12)21)19(25)22(11)13-3-5-14(6-4-13)23(27)28/h3-10H,1-2H3/b16-10-. The van der Waals surface area contributed by atoms with Gasteiger partial charge in [0.1, 0.15) is 0 Å². The predicted molar refractivity (Wildman–Crippen MR) is 111 cm³/mol. The number of ether oxygens (including phenoxy) is 1. The van der Waals surface area contributed by atoms with Crippen molar-refractivity contribution in [2.75, 3.05) is 12.0 Å². The molecule has 0 saturated heterocycles. The Bertz CT molecular complexity index is 1190. The Morgan fingerprint density at radius 3 is 2.19 bits per heavy atom. The largest absolute Gasteiger partial charge is 0.465 e. The minimum Gasteiger partial charge on any atom is -0.465 e. The van der Waals surface area contributed by atoms with Crippen LogP contribution in [0.1, 0.15) is 12.5 Å². The van der Waals surface area contributed by atoms with Crippen LogP contribution in [-0.2, 0) is 14.3 Å². The smallest absolute Gasteiger partial charge is 0.340 e. The number of amides is 1. The summed E-state index contributed by atoms with van der Waals surface area (Å²) in [5.74, 6) is -1.41. The van der Waals surface area contributed by atoms with Crippen LogP contribution in [0.5, 0.6) is 0 Å². The SMILES string of the molecule is COC(=O)C1=C(C)N(c2ccc([N+](=O)[O-])cc2)C(=O)/C1=C\c1cc([N+](=O)[O-])ccc1Cl. The second kappa shape index (κ2) is 8.36. The molecule has 2 aromatic carbocycles. The van der Waals surface area contributed by atoms with Crippen LogP contribution in [-0.4, -0.2) is 28.8 Å². The summed E-state index contributed by atoms with van der Waals surface area (Å²) in [5, 5.41) is 22.1. The summed E-state index contributed by atoms with van der Waals surface area (Å²) >= 11 is 6.14. The van der Waals surface area contributed by atoms with E-state index in [1.165, 1.54) is 60.4 Å². The number of halogens is 1. The molecule has 1 aliphatic rings. The molecule has 0 aromatic heterocycles. The molecule has 1 aliphatic heterocycles. The van der Waals surface area contributed by atoms with Crippen LogP contribution in [0.3, 0.4) is 0 Å². The predicted octanol–water partition coefficient (Wildman–Crippen LogP) is 4.03. The molecule has 0 atom stereocenters. The normalized spacial score (nSPS) is 14.9. The van der Waals surface area contributed by atoms with Crippen molar-refractivity contribution in [2.24, 2.45) is 0 Å². The first-order valence-electron chi connectivity index (χ1n) is 8.69. The van der Waals surface area contributed by atoms with Gasteiger partial charge in [-0.05, 0) is 31.2 Å². The second-order valence-corrected chi connectivity index (χ2v) is 6.79. The molecule has 0 fully saturated rings. The second-order valence-electron chi connectivity index (χ2n) is 6.39. The Balaban J connectivity index is 2.15. The van der Waals surface area contributed by atoms with Crippen molar-refractivity contribution in [3.63, 3.8) is 0 Å². The third-order valence-electron chi connectivity index (χ3n) is 4.60. The first-order valence-corrected chi connectivity index (χ1v) is 9.07. The number of nitro groups is 2. The Labute approximate surface area is 180 Å². The molecule has 31 heavy (non-hydrogen) atoms. The van der Waals surface area contributed by atoms with E-state index in [9.17, 15) is 29.8 Å². The molecule has 1 amide bonds. The van der Waals surface area contributed by atoms with Crippen molar-refractivity contribution >= 4 is 46.6 Å². The fourth-order valence-electron chi connectivity index (χ4n) is 3.13. The molecular weight excluding hydrogens is 430 g/mol. The summed E-state index contributed by atoms with van der Waals surface area (Å²) in [7, 11) is 1.15. The Morgan fingerprint density at radius 2 is 1.65 bits per heavy atom. The third kappa shape index (κ3) is 4.01. The maximum atomic E-state index is 13.2. The number of esters is 1. The average Bonchev–Trinajstić information content (AvgIpc) is 2.98. The van der Waals surface area contributed by atoms with Gasteiger partial charge in [-0.2, -0.15) is 0 Å². The Hall–Kier alpha value is -4.05. The number of hydrogen-bond acceptors (Lipinski definition) is 7. The highest BCUT2D eigenvalue weighted by Crippen LogP contribution is 2.37. The lowest BCUT2D eigenvalue weighted by atomic mass is 10.0. The van der Waals surface area contributed by atoms with Crippen LogP contribution < -0.4 is 4.90 Å². The van der Waals surface area contributed by atoms with Gasteiger partial charge in [0.25, 0.3) is 17.3 Å². The quantitative estimate of drug-likeness (QED) is 0.294. The van der Waals surface area contributed by atoms with Gasteiger partial charge in [0, 0.05) is 46.2 Å². The van der Waals surface area contributed by atoms with Crippen molar-refractivity contribution in [3.05, 3.63) is 90.1 Å². The van der Waals surface area contributed by atoms with Gasteiger partial charge in [-0.1, -0.05) is 11.6 Å². The molecule has 3 rings (SSSR count). The number of allylic oxidation sites excluding steroid dienone is 1. The maximum absolute atomic E-state index is 13.2. The lowest BCUT2D eigenvalue weighted by molar-refractivity contribution is -0.385. The van der Waals surface area contributed by atoms with Crippen LogP contribution in [0.25, 0.3) is 6.08 Å². The lowest BCUT2D eigenvalue weighted by Gasteiger charge is -2.17. The van der Waals surface area contributed by atoms with Gasteiger partial charge < -0.3 is 4.74 Å². The van der Waals surface area contributed by atoms with Crippen molar-refractivity contribution in [1.82, 2.24) is 0 Å². The number of rotatable bonds is 5. The minimum absolute atomic E-state index is 0.0478. The minimum atomic E-state index is -0.789. The zero-order chi connectivity index (χ0) is 22.9. The third-order valence-corrected chi connectivity index (χ3v) is 4.94. The highest BCUT2D eigenvalue weighted by molar-refractivity contribution is 6.32. The summed E-state index contributed by atoms with van der Waals surface area (Å²) in [6, 6.07) is 8.91. The molecule has 10 nitrogen and oxygen atoms in total. The fraction of sp³-hybridized carbons (Fsp3) is 0.100. The van der Waals surface area contributed by atoms with Gasteiger partial charge in [0.15, 0.2) is 0 Å². The van der Waals surface area contributed by atoms with Crippen LogP contribution >= 0.6 is 11.6 Å². The van der Waals surface area contributed by atoms with Crippen molar-refractivity contribution < 1.29 is 24.2 Å². The van der Waals surface area contributed by atoms with E-state index in [4.69, 9.17) is 16.3 Å². The van der Waals surface area contributed by atoms with E-state index in [-0.39, 0.29) is 38.8 Å². The maximum Gasteiger partial charge on any atom is 0.340 e.